The van der Waals surface area contributed by atoms with E-state index in [1.807, 2.05) is 65.8 Å². The van der Waals surface area contributed by atoms with Crippen LogP contribution in [0.5, 0.6) is 0 Å². The van der Waals surface area contributed by atoms with Gasteiger partial charge in [-0.05, 0) is 150 Å². The highest BCUT2D eigenvalue weighted by atomic mass is 16.3. The standard InChI is InChI=1S/C49H31NO.C5H8.C3H6.C3H4.2C2H6/c1-2-11-39(12-3-1)50-46-15-6-4-13-40(46)44-29-35(21-23-47(44)50)34-18-20-38-26-37-19-17-33(27-42(37)43(38)28-34)31-9-8-10-32(25-31)36-22-24-49-45(30-36)41-14-5-7-16-48(41)51-49;1-3-5-4-2;2*1-3-2;2*1-2/h1-25,27-30H,26H2;3-5H,1H2,2H3;3H,1H2,2H3;1H,2H3;2*1-2H3/b;5-4-;;;;. The lowest BCUT2D eigenvalue weighted by Gasteiger charge is -2.10. The number of hydrogen-bond donors (Lipinski definition) is 0. The van der Waals surface area contributed by atoms with Crippen LogP contribution in [0.1, 0.15) is 59.6 Å². The van der Waals surface area contributed by atoms with E-state index in [9.17, 15) is 0 Å². The lowest BCUT2D eigenvalue weighted by atomic mass is 9.94. The molecule has 0 fully saturated rings. The number of furan rings is 1. The van der Waals surface area contributed by atoms with E-state index < -0.39 is 0 Å². The van der Waals surface area contributed by atoms with E-state index in [0.717, 1.165) is 28.4 Å². The minimum Gasteiger partial charge on any atom is -0.456 e. The van der Waals surface area contributed by atoms with E-state index in [2.05, 4.69) is 194 Å². The predicted octanol–water partition coefficient (Wildman–Crippen LogP) is 18.9. The number of rotatable bonds is 5. The molecule has 1 aliphatic carbocycles. The van der Waals surface area contributed by atoms with Crippen molar-refractivity contribution in [2.45, 2.75) is 54.9 Å². The van der Waals surface area contributed by atoms with Gasteiger partial charge in [-0.1, -0.05) is 168 Å². The monoisotopic (exact) mass is 859 g/mol. The van der Waals surface area contributed by atoms with Gasteiger partial charge in [-0.25, -0.2) is 0 Å². The van der Waals surface area contributed by atoms with Crippen molar-refractivity contribution in [1.29, 1.82) is 0 Å². The summed E-state index contributed by atoms with van der Waals surface area (Å²) in [7, 11) is 0. The molecular weight excluding hydrogens is 799 g/mol. The Kier molecular flexibility index (Phi) is 16.7. The molecular formula is C64H61NO. The zero-order chi connectivity index (χ0) is 47.0. The average Bonchev–Trinajstić information content (AvgIpc) is 4.05. The lowest BCUT2D eigenvalue weighted by Crippen LogP contribution is -1.92. The first-order valence-corrected chi connectivity index (χ1v) is 23.1. The van der Waals surface area contributed by atoms with Crippen molar-refractivity contribution in [2.75, 3.05) is 0 Å². The Hall–Kier alpha value is -7.86. The van der Waals surface area contributed by atoms with Crippen molar-refractivity contribution in [2.24, 2.45) is 0 Å². The maximum absolute atomic E-state index is 6.10. The van der Waals surface area contributed by atoms with Gasteiger partial charge in [0.2, 0.25) is 0 Å². The molecule has 0 radical (unpaired) electrons. The van der Waals surface area contributed by atoms with Crippen LogP contribution in [0.15, 0.2) is 218 Å². The summed E-state index contributed by atoms with van der Waals surface area (Å²) in [5, 5.41) is 4.85. The highest BCUT2D eigenvalue weighted by Gasteiger charge is 2.21. The number of aromatic nitrogens is 1. The van der Waals surface area contributed by atoms with Crippen LogP contribution < -0.4 is 0 Å². The van der Waals surface area contributed by atoms with Crippen molar-refractivity contribution in [1.82, 2.24) is 4.57 Å². The Morgan fingerprint density at radius 1 is 0.500 bits per heavy atom. The van der Waals surface area contributed by atoms with E-state index in [4.69, 9.17) is 4.42 Å². The summed E-state index contributed by atoms with van der Waals surface area (Å²) in [6, 6.07) is 64.1. The van der Waals surface area contributed by atoms with Crippen molar-refractivity contribution >= 4 is 43.7 Å². The topological polar surface area (TPSA) is 18.1 Å². The molecule has 0 unspecified atom stereocenters. The van der Waals surface area contributed by atoms with Crippen molar-refractivity contribution in [3.8, 4) is 62.5 Å². The number of nitrogens with zero attached hydrogens (tertiary/aromatic N) is 1. The minimum atomic E-state index is 0.923. The van der Waals surface area contributed by atoms with Gasteiger partial charge in [0, 0.05) is 27.2 Å². The highest BCUT2D eigenvalue weighted by molar-refractivity contribution is 6.10. The van der Waals surface area contributed by atoms with Crippen LogP contribution in [0.2, 0.25) is 0 Å². The molecule has 10 aromatic rings. The molecule has 0 saturated heterocycles. The summed E-state index contributed by atoms with van der Waals surface area (Å²) in [4.78, 5) is 0. The summed E-state index contributed by atoms with van der Waals surface area (Å²) < 4.78 is 8.47. The zero-order valence-electron chi connectivity index (χ0n) is 39.6. The molecule has 0 atom stereocenters. The van der Waals surface area contributed by atoms with E-state index in [1.54, 1.807) is 19.1 Å². The third-order valence-electron chi connectivity index (χ3n) is 11.1. The fourth-order valence-electron chi connectivity index (χ4n) is 8.45. The Morgan fingerprint density at radius 2 is 0.970 bits per heavy atom. The molecule has 0 amide bonds. The Balaban J connectivity index is 0.000000429. The number of hydrogen-bond acceptors (Lipinski definition) is 1. The molecule has 0 N–H and O–H groups in total. The Morgan fingerprint density at radius 3 is 1.56 bits per heavy atom. The zero-order valence-corrected chi connectivity index (χ0v) is 39.6. The maximum atomic E-state index is 6.10. The van der Waals surface area contributed by atoms with Gasteiger partial charge in [-0.15, -0.1) is 18.9 Å². The number of fused-ring (bicyclic) bond motifs is 9. The van der Waals surface area contributed by atoms with Crippen molar-refractivity contribution in [3.05, 3.63) is 225 Å². The summed E-state index contributed by atoms with van der Waals surface area (Å²) >= 11 is 0. The minimum absolute atomic E-state index is 0.923. The molecule has 0 saturated carbocycles. The molecule has 1 aliphatic rings. The summed E-state index contributed by atoms with van der Waals surface area (Å²) in [5.74, 6) is 2.25. The molecule has 2 heterocycles. The van der Waals surface area contributed by atoms with Gasteiger partial charge in [-0.3, -0.25) is 0 Å². The van der Waals surface area contributed by atoms with Crippen LogP contribution in [-0.2, 0) is 6.42 Å². The first-order valence-electron chi connectivity index (χ1n) is 23.1. The average molecular weight is 860 g/mol. The van der Waals surface area contributed by atoms with E-state index >= 15 is 0 Å². The fraction of sp³-hybridized carbons (Fsp3) is 0.125. The summed E-state index contributed by atoms with van der Waals surface area (Å²) in [6.07, 6.45) is 12.9. The molecule has 8 aromatic carbocycles. The molecule has 328 valence electrons. The summed E-state index contributed by atoms with van der Waals surface area (Å²) in [5.41, 5.74) is 18.3. The molecule has 0 aliphatic heterocycles. The third-order valence-corrected chi connectivity index (χ3v) is 11.1. The van der Waals surface area contributed by atoms with Gasteiger partial charge in [0.25, 0.3) is 0 Å². The Bertz CT molecular complexity index is 3290. The van der Waals surface area contributed by atoms with Gasteiger partial charge in [0.05, 0.1) is 11.0 Å². The van der Waals surface area contributed by atoms with E-state index in [0.29, 0.717) is 0 Å². The number of terminal acetylenes is 1. The predicted molar refractivity (Wildman–Crippen MR) is 291 cm³/mol. The Labute approximate surface area is 392 Å². The lowest BCUT2D eigenvalue weighted by molar-refractivity contribution is 0.669. The molecule has 66 heavy (non-hydrogen) atoms. The van der Waals surface area contributed by atoms with Gasteiger partial charge in [0.15, 0.2) is 0 Å². The van der Waals surface area contributed by atoms with Crippen LogP contribution in [-0.4, -0.2) is 4.57 Å². The molecule has 11 rings (SSSR count). The number of para-hydroxylation sites is 3. The molecule has 0 bridgehead atoms. The maximum Gasteiger partial charge on any atom is 0.135 e. The first-order chi connectivity index (χ1) is 32.5. The second-order valence-corrected chi connectivity index (χ2v) is 15.2. The second kappa shape index (κ2) is 23.2. The second-order valence-electron chi connectivity index (χ2n) is 15.2. The fourth-order valence-corrected chi connectivity index (χ4v) is 8.45. The smallest absolute Gasteiger partial charge is 0.135 e. The third kappa shape index (κ3) is 10.1. The van der Waals surface area contributed by atoms with Crippen LogP contribution in [0.3, 0.4) is 0 Å². The van der Waals surface area contributed by atoms with Gasteiger partial charge < -0.3 is 8.98 Å². The van der Waals surface area contributed by atoms with Crippen LogP contribution in [0, 0.1) is 12.3 Å². The normalized spacial score (nSPS) is 10.6. The SMILES string of the molecule is C#CC.C=C/C=C\C.C=CC.CC.CC.c1ccc(-n2c3ccccc3c3cc(-c4ccc5c(c4)-c4cc(-c6cccc(-c7ccc8oc9ccccc9c8c7)c6)ccc4C5)ccc32)cc1. The number of allylic oxidation sites excluding steroid dienone is 4. The number of benzene rings is 8. The highest BCUT2D eigenvalue weighted by Crippen LogP contribution is 2.43. The van der Waals surface area contributed by atoms with Crippen LogP contribution >= 0.6 is 0 Å². The molecule has 2 heteroatoms. The van der Waals surface area contributed by atoms with Gasteiger partial charge in [-0.2, -0.15) is 0 Å². The summed E-state index contributed by atoms with van der Waals surface area (Å²) in [6.45, 7) is 20.3. The first kappa shape index (κ1) is 47.6. The van der Waals surface area contributed by atoms with Crippen LogP contribution in [0.4, 0.5) is 0 Å². The van der Waals surface area contributed by atoms with Crippen LogP contribution in [0.25, 0.3) is 93.9 Å². The molecule has 0 spiro atoms. The van der Waals surface area contributed by atoms with E-state index in [-0.39, 0.29) is 0 Å². The van der Waals surface area contributed by atoms with Gasteiger partial charge >= 0.3 is 0 Å². The quantitative estimate of drug-likeness (QED) is 0.0958. The largest absolute Gasteiger partial charge is 0.456 e. The van der Waals surface area contributed by atoms with Gasteiger partial charge in [0.1, 0.15) is 11.2 Å². The van der Waals surface area contributed by atoms with Crippen molar-refractivity contribution in [3.63, 3.8) is 0 Å². The van der Waals surface area contributed by atoms with Crippen molar-refractivity contribution < 1.29 is 4.42 Å². The molecule has 2 aromatic heterocycles. The molecule has 2 nitrogen and oxygen atoms in total. The van der Waals surface area contributed by atoms with E-state index in [1.165, 1.54) is 83.1 Å².